The van der Waals surface area contributed by atoms with Gasteiger partial charge in [-0.25, -0.2) is 4.98 Å². The van der Waals surface area contributed by atoms with Crippen molar-refractivity contribution in [3.05, 3.63) is 76.7 Å². The summed E-state index contributed by atoms with van der Waals surface area (Å²) in [5.74, 6) is 0.632. The third kappa shape index (κ3) is 6.21. The number of halogens is 2. The summed E-state index contributed by atoms with van der Waals surface area (Å²) in [5, 5.41) is 6.72. The lowest BCUT2D eigenvalue weighted by molar-refractivity contribution is -0.117. The van der Waals surface area contributed by atoms with E-state index < -0.39 is 0 Å². The quantitative estimate of drug-likeness (QED) is 0.497. The lowest BCUT2D eigenvalue weighted by atomic mass is 9.93. The van der Waals surface area contributed by atoms with E-state index in [0.29, 0.717) is 39.2 Å². The average Bonchev–Trinajstić information content (AvgIpc) is 2.80. The number of amides is 2. The van der Waals surface area contributed by atoms with Gasteiger partial charge in [0.25, 0.3) is 5.91 Å². The maximum atomic E-state index is 12.7. The highest BCUT2D eigenvalue weighted by atomic mass is 35.5. The molecule has 7 nitrogen and oxygen atoms in total. The highest BCUT2D eigenvalue weighted by Crippen LogP contribution is 2.31. The van der Waals surface area contributed by atoms with Crippen molar-refractivity contribution in [3.8, 4) is 0 Å². The smallest absolute Gasteiger partial charge is 0.255 e. The monoisotopic (exact) mass is 483 g/mol. The SMILES string of the molecule is O=C(CC1CCN(c2ncc(Cl)cc2NC(=O)c2cccc(Cl)c2)CC1)Nc1cccnc1. The van der Waals surface area contributed by atoms with Gasteiger partial charge < -0.3 is 15.5 Å². The summed E-state index contributed by atoms with van der Waals surface area (Å²) in [5.41, 5.74) is 1.69. The number of hydrogen-bond donors (Lipinski definition) is 2. The minimum absolute atomic E-state index is 0.0134. The molecule has 1 aromatic carbocycles. The van der Waals surface area contributed by atoms with E-state index >= 15 is 0 Å². The summed E-state index contributed by atoms with van der Waals surface area (Å²) in [4.78, 5) is 35.7. The van der Waals surface area contributed by atoms with Crippen LogP contribution < -0.4 is 15.5 Å². The van der Waals surface area contributed by atoms with Crippen molar-refractivity contribution >= 4 is 52.2 Å². The van der Waals surface area contributed by atoms with Crippen LogP contribution in [-0.4, -0.2) is 34.9 Å². The standard InChI is InChI=1S/C24H23Cl2N5O2/c25-18-4-1-3-17(12-18)24(33)30-21-13-19(26)14-28-23(21)31-9-6-16(7-10-31)11-22(32)29-20-5-2-8-27-15-20/h1-5,8,12-16H,6-7,9-11H2,(H,29,32)(H,30,33). The van der Waals surface area contributed by atoms with Crippen molar-refractivity contribution in [2.24, 2.45) is 5.92 Å². The molecule has 0 bridgehead atoms. The first-order valence-corrected chi connectivity index (χ1v) is 11.4. The van der Waals surface area contributed by atoms with Gasteiger partial charge in [-0.3, -0.25) is 14.6 Å². The Hall–Kier alpha value is -3.16. The van der Waals surface area contributed by atoms with Gasteiger partial charge in [0.1, 0.15) is 0 Å². The molecule has 0 atom stereocenters. The number of pyridine rings is 2. The minimum Gasteiger partial charge on any atom is -0.355 e. The van der Waals surface area contributed by atoms with Crippen LogP contribution in [0.1, 0.15) is 29.6 Å². The molecule has 33 heavy (non-hydrogen) atoms. The molecular weight excluding hydrogens is 461 g/mol. The highest BCUT2D eigenvalue weighted by molar-refractivity contribution is 6.31. The molecule has 1 saturated heterocycles. The van der Waals surface area contributed by atoms with Gasteiger partial charge in [-0.05, 0) is 55.2 Å². The van der Waals surface area contributed by atoms with E-state index in [-0.39, 0.29) is 17.7 Å². The molecule has 0 radical (unpaired) electrons. The van der Waals surface area contributed by atoms with Gasteiger partial charge in [0.05, 0.1) is 22.6 Å². The van der Waals surface area contributed by atoms with Crippen molar-refractivity contribution < 1.29 is 9.59 Å². The summed E-state index contributed by atoms with van der Waals surface area (Å²) in [7, 11) is 0. The van der Waals surface area contributed by atoms with Crippen LogP contribution in [0, 0.1) is 5.92 Å². The molecule has 2 N–H and O–H groups in total. The molecule has 0 saturated carbocycles. The maximum absolute atomic E-state index is 12.7. The van der Waals surface area contributed by atoms with Gasteiger partial charge in [-0.2, -0.15) is 0 Å². The van der Waals surface area contributed by atoms with Crippen LogP contribution in [0.4, 0.5) is 17.2 Å². The number of benzene rings is 1. The Morgan fingerprint density at radius 1 is 1.00 bits per heavy atom. The van der Waals surface area contributed by atoms with Gasteiger partial charge in [0, 0.05) is 42.5 Å². The van der Waals surface area contributed by atoms with Crippen LogP contribution in [0.3, 0.4) is 0 Å². The van der Waals surface area contributed by atoms with E-state index in [1.165, 1.54) is 0 Å². The molecular formula is C24H23Cl2N5O2. The highest BCUT2D eigenvalue weighted by Gasteiger charge is 2.24. The Morgan fingerprint density at radius 2 is 1.82 bits per heavy atom. The van der Waals surface area contributed by atoms with Crippen molar-refractivity contribution in [1.82, 2.24) is 9.97 Å². The lowest BCUT2D eigenvalue weighted by Gasteiger charge is -2.33. The maximum Gasteiger partial charge on any atom is 0.255 e. The van der Waals surface area contributed by atoms with Gasteiger partial charge in [0.2, 0.25) is 5.91 Å². The van der Waals surface area contributed by atoms with Crippen molar-refractivity contribution in [2.45, 2.75) is 19.3 Å². The Labute approximate surface area is 202 Å². The second kappa shape index (κ2) is 10.6. The molecule has 0 spiro atoms. The van der Waals surface area contributed by atoms with E-state index in [4.69, 9.17) is 23.2 Å². The molecule has 1 aliphatic heterocycles. The number of piperidine rings is 1. The number of nitrogens with one attached hydrogen (secondary N) is 2. The zero-order chi connectivity index (χ0) is 23.2. The van der Waals surface area contributed by atoms with E-state index in [0.717, 1.165) is 25.9 Å². The molecule has 170 valence electrons. The van der Waals surface area contributed by atoms with Gasteiger partial charge >= 0.3 is 0 Å². The van der Waals surface area contributed by atoms with Crippen LogP contribution in [-0.2, 0) is 4.79 Å². The molecule has 0 unspecified atom stereocenters. The van der Waals surface area contributed by atoms with Crippen LogP contribution >= 0.6 is 23.2 Å². The lowest BCUT2D eigenvalue weighted by Crippen LogP contribution is -2.36. The summed E-state index contributed by atoms with van der Waals surface area (Å²) in [6.45, 7) is 1.44. The molecule has 2 aromatic heterocycles. The second-order valence-electron chi connectivity index (χ2n) is 7.91. The van der Waals surface area contributed by atoms with Gasteiger partial charge in [-0.15, -0.1) is 0 Å². The number of nitrogens with zero attached hydrogens (tertiary/aromatic N) is 3. The minimum atomic E-state index is -0.287. The molecule has 1 fully saturated rings. The average molecular weight is 484 g/mol. The van der Waals surface area contributed by atoms with Gasteiger partial charge in [0.15, 0.2) is 5.82 Å². The van der Waals surface area contributed by atoms with Crippen LogP contribution in [0.15, 0.2) is 61.1 Å². The number of carbonyl (C=O) groups excluding carboxylic acids is 2. The van der Waals surface area contributed by atoms with Crippen LogP contribution in [0.25, 0.3) is 0 Å². The molecule has 3 heterocycles. The molecule has 0 aliphatic carbocycles. The van der Waals surface area contributed by atoms with Crippen LogP contribution in [0.2, 0.25) is 10.0 Å². The summed E-state index contributed by atoms with van der Waals surface area (Å²) < 4.78 is 0. The summed E-state index contributed by atoms with van der Waals surface area (Å²) in [6, 6.07) is 12.0. The third-order valence-corrected chi connectivity index (χ3v) is 5.94. The molecule has 4 rings (SSSR count). The summed E-state index contributed by atoms with van der Waals surface area (Å²) in [6.07, 6.45) is 7.00. The predicted octanol–water partition coefficient (Wildman–Crippen LogP) is 5.28. The second-order valence-corrected chi connectivity index (χ2v) is 8.79. The Balaban J connectivity index is 1.38. The van der Waals surface area contributed by atoms with E-state index in [9.17, 15) is 9.59 Å². The first-order valence-electron chi connectivity index (χ1n) is 10.7. The molecule has 3 aromatic rings. The normalized spacial score (nSPS) is 14.1. The number of aromatic nitrogens is 2. The van der Waals surface area contributed by atoms with Gasteiger partial charge in [-0.1, -0.05) is 29.3 Å². The number of hydrogen-bond acceptors (Lipinski definition) is 5. The van der Waals surface area contributed by atoms with Crippen molar-refractivity contribution in [1.29, 1.82) is 0 Å². The topological polar surface area (TPSA) is 87.2 Å². The third-order valence-electron chi connectivity index (χ3n) is 5.50. The van der Waals surface area contributed by atoms with Crippen molar-refractivity contribution in [3.63, 3.8) is 0 Å². The summed E-state index contributed by atoms with van der Waals surface area (Å²) >= 11 is 12.2. The zero-order valence-corrected chi connectivity index (χ0v) is 19.3. The largest absolute Gasteiger partial charge is 0.355 e. The van der Waals surface area contributed by atoms with E-state index in [1.807, 2.05) is 6.07 Å². The predicted molar refractivity (Wildman–Crippen MR) is 131 cm³/mol. The fraction of sp³-hybridized carbons (Fsp3) is 0.250. The van der Waals surface area contributed by atoms with E-state index in [2.05, 4.69) is 25.5 Å². The van der Waals surface area contributed by atoms with Crippen molar-refractivity contribution in [2.75, 3.05) is 28.6 Å². The fourth-order valence-electron chi connectivity index (χ4n) is 3.86. The zero-order valence-electron chi connectivity index (χ0n) is 17.8. The first kappa shape index (κ1) is 23.0. The fourth-order valence-corrected chi connectivity index (χ4v) is 4.21. The number of carbonyl (C=O) groups is 2. The number of rotatable bonds is 6. The Kier molecular flexibility index (Phi) is 7.42. The Morgan fingerprint density at radius 3 is 2.55 bits per heavy atom. The molecule has 2 amide bonds. The number of anilines is 3. The first-order chi connectivity index (χ1) is 16.0. The Bertz CT molecular complexity index is 1130. The van der Waals surface area contributed by atoms with Crippen LogP contribution in [0.5, 0.6) is 0 Å². The molecule has 1 aliphatic rings. The molecule has 9 heteroatoms. The van der Waals surface area contributed by atoms with E-state index in [1.54, 1.807) is 55.0 Å².